The summed E-state index contributed by atoms with van der Waals surface area (Å²) < 4.78 is 5.63. The minimum absolute atomic E-state index is 0. The highest BCUT2D eigenvalue weighted by Crippen LogP contribution is 2.26. The molecule has 5 aromatic rings. The summed E-state index contributed by atoms with van der Waals surface area (Å²) in [6.07, 6.45) is 1.76. The van der Waals surface area contributed by atoms with Crippen LogP contribution in [0.2, 0.25) is 0 Å². The first-order chi connectivity index (χ1) is 23.3. The number of nitrogens with one attached hydrogen (secondary N) is 1. The van der Waals surface area contributed by atoms with Gasteiger partial charge in [0, 0.05) is 31.7 Å². The number of hydrogen-bond acceptors (Lipinski definition) is 12. The fourth-order valence-electron chi connectivity index (χ4n) is 5.36. The van der Waals surface area contributed by atoms with Gasteiger partial charge in [-0.2, -0.15) is 0 Å². The molecule has 2 amide bonds. The third-order valence-corrected chi connectivity index (χ3v) is 8.02. The van der Waals surface area contributed by atoms with Crippen LogP contribution in [0.3, 0.4) is 0 Å². The maximum absolute atomic E-state index is 12.8. The number of aromatic carboxylic acids is 1. The lowest BCUT2D eigenvalue weighted by atomic mass is 9.96. The van der Waals surface area contributed by atoms with Crippen molar-refractivity contribution in [1.82, 2.24) is 19.7 Å². The lowest BCUT2D eigenvalue weighted by Crippen LogP contribution is -2.44. The number of nitrogens with zero attached hydrogens (tertiary/aromatic N) is 4. The van der Waals surface area contributed by atoms with E-state index in [1.807, 2.05) is 37.3 Å². The van der Waals surface area contributed by atoms with Gasteiger partial charge >= 0.3 is 11.9 Å². The van der Waals surface area contributed by atoms with E-state index in [2.05, 4.69) is 20.0 Å². The van der Waals surface area contributed by atoms with E-state index in [1.54, 1.807) is 17.0 Å². The number of imidazole rings is 1. The number of nitrogen functional groups attached to an aromatic ring is 1. The fraction of sp³-hybridized carbons (Fsp3) is 0.235. The summed E-state index contributed by atoms with van der Waals surface area (Å²) >= 11 is 0. The molecule has 16 heteroatoms. The summed E-state index contributed by atoms with van der Waals surface area (Å²) in [5.41, 5.74) is 19.0. The number of ether oxygens (including phenoxy) is 1. The Labute approximate surface area is 285 Å². The van der Waals surface area contributed by atoms with Crippen molar-refractivity contribution in [2.24, 2.45) is 11.5 Å². The van der Waals surface area contributed by atoms with Crippen LogP contribution in [0.4, 0.5) is 11.4 Å². The van der Waals surface area contributed by atoms with Crippen LogP contribution in [0.1, 0.15) is 84.5 Å². The molecule has 50 heavy (non-hydrogen) atoms. The van der Waals surface area contributed by atoms with Gasteiger partial charge in [0.25, 0.3) is 22.7 Å². The molecule has 1 aliphatic heterocycles. The summed E-state index contributed by atoms with van der Waals surface area (Å²) in [5.74, 6) is -3.23. The zero-order valence-corrected chi connectivity index (χ0v) is 26.4. The Morgan fingerprint density at radius 3 is 2.34 bits per heavy atom. The van der Waals surface area contributed by atoms with Gasteiger partial charge in [0.2, 0.25) is 0 Å². The number of rotatable bonds is 8. The summed E-state index contributed by atoms with van der Waals surface area (Å²) in [5, 5.41) is 12.2. The molecule has 6 rings (SSSR count). The number of anilines is 2. The van der Waals surface area contributed by atoms with E-state index < -0.39 is 28.6 Å². The van der Waals surface area contributed by atoms with E-state index in [0.29, 0.717) is 25.1 Å². The molecule has 1 aliphatic rings. The van der Waals surface area contributed by atoms with Gasteiger partial charge in [-0.1, -0.05) is 37.8 Å². The predicted octanol–water partition coefficient (Wildman–Crippen LogP) is 1.33. The number of primary amides is 1. The van der Waals surface area contributed by atoms with Crippen molar-refractivity contribution < 1.29 is 29.0 Å². The van der Waals surface area contributed by atoms with Crippen molar-refractivity contribution in [3.05, 3.63) is 120 Å². The second-order valence-corrected chi connectivity index (χ2v) is 11.3. The maximum Gasteiger partial charge on any atom is 0.353 e. The molecule has 0 fully saturated rings. The monoisotopic (exact) mass is 684 g/mol. The molecule has 0 unspecified atom stereocenters. The molecule has 3 aromatic carbocycles. The molecule has 1 atom stereocenters. The summed E-state index contributed by atoms with van der Waals surface area (Å²) in [4.78, 5) is 80.2. The van der Waals surface area contributed by atoms with Crippen LogP contribution in [-0.4, -0.2) is 56.9 Å². The molecule has 260 valence electrons. The normalized spacial score (nSPS) is 12.6. The number of aromatic nitrogens is 3. The zero-order chi connectivity index (χ0) is 35.6. The molecule has 0 spiro atoms. The van der Waals surface area contributed by atoms with E-state index in [1.165, 1.54) is 7.11 Å². The Bertz CT molecular complexity index is 2180. The summed E-state index contributed by atoms with van der Waals surface area (Å²) in [6, 6.07) is 13.8. The van der Waals surface area contributed by atoms with Crippen LogP contribution in [0.5, 0.6) is 0 Å². The number of benzene rings is 2. The van der Waals surface area contributed by atoms with Gasteiger partial charge in [-0.25, -0.2) is 19.6 Å². The van der Waals surface area contributed by atoms with Gasteiger partial charge < -0.3 is 37.3 Å². The molecule has 0 saturated carbocycles. The zero-order valence-electron chi connectivity index (χ0n) is 26.4. The Morgan fingerprint density at radius 2 is 1.74 bits per heavy atom. The first kappa shape index (κ1) is 36.4. The van der Waals surface area contributed by atoms with Gasteiger partial charge in [-0.05, 0) is 47.7 Å². The smallest absolute Gasteiger partial charge is 0.353 e. The van der Waals surface area contributed by atoms with Gasteiger partial charge in [-0.3, -0.25) is 23.6 Å². The molecule has 8 N–H and O–H groups in total. The topological polar surface area (TPSA) is 255 Å². The number of fused-ring (bicyclic) bond motifs is 2. The average Bonchev–Trinajstić information content (AvgIpc) is 3.54. The highest BCUT2D eigenvalue weighted by atomic mass is 16.5. The van der Waals surface area contributed by atoms with Gasteiger partial charge in [0.15, 0.2) is 11.3 Å². The standard InChI is InChI=1S/C23H19N7O6.C10H13NO2.CH4/c24-15-17(19(32)18(15)31)29-4-3-11-2-1-10(5-12(11)8-29)7-26-22(34)13-6-14(23(35)36)30-9-27-16(20(25)33)21(30)28-13;1-7(11)8-3-5-9(6-4-8)10(12)13-2;/h1-2,5-6,9H,3-4,7-8,24H2,(H2,25,33)(H,26,34)(H,35,36);3-7H,11H2,1-2H3;1H4/t;7-;/m.0./s1. The quantitative estimate of drug-likeness (QED) is 0.114. The third kappa shape index (κ3) is 7.19. The van der Waals surface area contributed by atoms with E-state index >= 15 is 0 Å². The minimum Gasteiger partial charge on any atom is -0.477 e. The predicted molar refractivity (Wildman–Crippen MR) is 184 cm³/mol. The number of nitrogens with two attached hydrogens (primary N) is 3. The number of carbonyl (C=O) groups excluding carboxylic acids is 3. The third-order valence-electron chi connectivity index (χ3n) is 8.02. The Hall–Kier alpha value is -6.42. The van der Waals surface area contributed by atoms with E-state index in [4.69, 9.17) is 17.2 Å². The number of carbonyl (C=O) groups is 4. The van der Waals surface area contributed by atoms with Crippen molar-refractivity contribution in [3.63, 3.8) is 0 Å². The number of carboxylic acids is 1. The van der Waals surface area contributed by atoms with Gasteiger partial charge in [0.05, 0.1) is 12.7 Å². The maximum atomic E-state index is 12.8. The van der Waals surface area contributed by atoms with Crippen molar-refractivity contribution in [2.45, 2.75) is 39.9 Å². The molecule has 0 radical (unpaired) electrons. The van der Waals surface area contributed by atoms with Crippen molar-refractivity contribution in [3.8, 4) is 0 Å². The lowest BCUT2D eigenvalue weighted by molar-refractivity contribution is 0.0599. The molecule has 2 aromatic heterocycles. The van der Waals surface area contributed by atoms with Crippen LogP contribution in [-0.2, 0) is 24.2 Å². The summed E-state index contributed by atoms with van der Waals surface area (Å²) in [6.45, 7) is 2.95. The number of hydrogen-bond donors (Lipinski definition) is 5. The SMILES string of the molecule is C.COC(=O)c1ccc([C@H](C)N)cc1.NC(=O)c1ncn2c(C(=O)O)cc(C(=O)NCc3ccc4c(c3)CN(c3c(N)c(=O)c3=O)CC4)nc12. The molecular weight excluding hydrogens is 648 g/mol. The molecule has 0 bridgehead atoms. The molecule has 0 saturated heterocycles. The second kappa shape index (κ2) is 14.8. The largest absolute Gasteiger partial charge is 0.477 e. The molecule has 0 aliphatic carbocycles. The molecule has 3 heterocycles. The number of esters is 1. The van der Waals surface area contributed by atoms with E-state index in [0.717, 1.165) is 39.0 Å². The summed E-state index contributed by atoms with van der Waals surface area (Å²) in [7, 11) is 1.36. The van der Waals surface area contributed by atoms with Crippen LogP contribution >= 0.6 is 0 Å². The van der Waals surface area contributed by atoms with Gasteiger partial charge in [0.1, 0.15) is 29.1 Å². The number of carboxylic acid groups (broad SMARTS) is 1. The Kier molecular flexibility index (Phi) is 10.8. The van der Waals surface area contributed by atoms with Gasteiger partial charge in [-0.15, -0.1) is 0 Å². The van der Waals surface area contributed by atoms with Crippen LogP contribution in [0, 0.1) is 0 Å². The van der Waals surface area contributed by atoms with Crippen molar-refractivity contribution in [1.29, 1.82) is 0 Å². The lowest BCUT2D eigenvalue weighted by Gasteiger charge is -2.32. The highest BCUT2D eigenvalue weighted by Gasteiger charge is 2.27. The fourth-order valence-corrected chi connectivity index (χ4v) is 5.36. The Balaban J connectivity index is 0.000000340. The number of methoxy groups -OCH3 is 1. The molecule has 16 nitrogen and oxygen atoms in total. The Morgan fingerprint density at radius 1 is 1.04 bits per heavy atom. The van der Waals surface area contributed by atoms with Crippen molar-refractivity contribution in [2.75, 3.05) is 24.3 Å². The average molecular weight is 685 g/mol. The van der Waals surface area contributed by atoms with Crippen LogP contribution in [0.15, 0.2) is 64.4 Å². The molecular formula is C34H36N8O8. The van der Waals surface area contributed by atoms with Crippen LogP contribution in [0.25, 0.3) is 5.65 Å². The van der Waals surface area contributed by atoms with Crippen molar-refractivity contribution >= 4 is 40.8 Å². The first-order valence-electron chi connectivity index (χ1n) is 14.9. The first-order valence-corrected chi connectivity index (χ1v) is 14.9. The number of amides is 2. The minimum atomic E-state index is -1.34. The second-order valence-electron chi connectivity index (χ2n) is 11.3. The van der Waals surface area contributed by atoms with Crippen LogP contribution < -0.4 is 38.3 Å². The van der Waals surface area contributed by atoms with E-state index in [9.17, 15) is 33.9 Å². The highest BCUT2D eigenvalue weighted by molar-refractivity contribution is 6.00. The van der Waals surface area contributed by atoms with E-state index in [-0.39, 0.29) is 60.1 Å².